The van der Waals surface area contributed by atoms with Gasteiger partial charge in [-0.2, -0.15) is 0 Å². The van der Waals surface area contributed by atoms with Crippen LogP contribution in [0.25, 0.3) is 0 Å². The maximum Gasteiger partial charge on any atom is 0.342 e. The van der Waals surface area contributed by atoms with E-state index in [1.807, 2.05) is 0 Å². The molecule has 0 radical (unpaired) electrons. The van der Waals surface area contributed by atoms with Gasteiger partial charge in [-0.1, -0.05) is 5.92 Å². The molecule has 5 rings (SSSR count). The van der Waals surface area contributed by atoms with Crippen LogP contribution in [0.3, 0.4) is 0 Å². The molecule has 4 aromatic heterocycles. The van der Waals surface area contributed by atoms with Gasteiger partial charge in [-0.3, -0.25) is 19.9 Å². The molecule has 0 amide bonds. The molecule has 4 aromatic rings. The first-order valence-electron chi connectivity index (χ1n) is 13.0. The van der Waals surface area contributed by atoms with Crippen molar-refractivity contribution in [1.82, 2.24) is 19.9 Å². The largest absolute Gasteiger partial charge is 0.451 e. The van der Waals surface area contributed by atoms with Crippen LogP contribution in [0.5, 0.6) is 0 Å². The van der Waals surface area contributed by atoms with Crippen molar-refractivity contribution >= 4 is 23.9 Å². The zero-order chi connectivity index (χ0) is 30.9. The van der Waals surface area contributed by atoms with Gasteiger partial charge in [0.2, 0.25) is 12.4 Å². The van der Waals surface area contributed by atoms with Crippen molar-refractivity contribution < 1.29 is 42.9 Å². The Balaban J connectivity index is 1.54. The molecule has 0 saturated carbocycles. The molecule has 1 unspecified atom stereocenters. The van der Waals surface area contributed by atoms with Crippen LogP contribution < -0.4 is 0 Å². The van der Waals surface area contributed by atoms with Gasteiger partial charge in [0, 0.05) is 49.6 Å². The lowest BCUT2D eigenvalue weighted by atomic mass is 9.97. The highest BCUT2D eigenvalue weighted by Gasteiger charge is 2.54. The maximum absolute atomic E-state index is 13.3. The fourth-order valence-corrected chi connectivity index (χ4v) is 4.11. The second kappa shape index (κ2) is 13.8. The third-order valence-electron chi connectivity index (χ3n) is 6.20. The van der Waals surface area contributed by atoms with E-state index in [0.717, 1.165) is 0 Å². The van der Waals surface area contributed by atoms with Crippen molar-refractivity contribution in [2.24, 2.45) is 0 Å². The van der Waals surface area contributed by atoms with Crippen molar-refractivity contribution in [3.8, 4) is 12.3 Å². The molecule has 0 bridgehead atoms. The molecule has 1 saturated heterocycles. The highest BCUT2D eigenvalue weighted by Crippen LogP contribution is 2.31. The summed E-state index contributed by atoms with van der Waals surface area (Å²) >= 11 is 0. The van der Waals surface area contributed by atoms with E-state index in [9.17, 15) is 19.2 Å². The van der Waals surface area contributed by atoms with E-state index >= 15 is 0 Å². The van der Waals surface area contributed by atoms with Crippen molar-refractivity contribution in [2.45, 2.75) is 30.7 Å². The first-order valence-corrected chi connectivity index (χ1v) is 13.0. The van der Waals surface area contributed by atoms with Crippen LogP contribution in [-0.4, -0.2) is 74.5 Å². The zero-order valence-corrected chi connectivity index (χ0v) is 22.7. The van der Waals surface area contributed by atoms with Crippen molar-refractivity contribution in [1.29, 1.82) is 0 Å². The zero-order valence-electron chi connectivity index (χ0n) is 22.7. The first kappa shape index (κ1) is 29.5. The summed E-state index contributed by atoms with van der Waals surface area (Å²) in [5, 5.41) is 0. The standard InChI is InChI=1S/C31H22N4O9/c1-2-23-24(41-27(36)19-7-3-11-32-15-19)25(42-28(37)20-8-4-12-33-16-20)26(43-29(38)21-9-5-13-34-17-21)31(40-23)44-30(39)22-10-6-14-35-18-22/h1,3-18,23-26,31H/t23-,24+,25+,26+,31?/m0/s1. The van der Waals surface area contributed by atoms with Crippen LogP contribution in [0.4, 0.5) is 0 Å². The number of carbonyl (C=O) groups excluding carboxylic acids is 4. The van der Waals surface area contributed by atoms with E-state index in [1.54, 1.807) is 0 Å². The van der Waals surface area contributed by atoms with Gasteiger partial charge in [-0.15, -0.1) is 6.42 Å². The number of hydrogen-bond acceptors (Lipinski definition) is 13. The number of hydrogen-bond donors (Lipinski definition) is 0. The van der Waals surface area contributed by atoms with E-state index in [1.165, 1.54) is 98.1 Å². The van der Waals surface area contributed by atoms with Gasteiger partial charge in [-0.25, -0.2) is 19.2 Å². The fraction of sp³-hybridized carbons (Fsp3) is 0.161. The summed E-state index contributed by atoms with van der Waals surface area (Å²) in [5.41, 5.74) is 0.134. The minimum atomic E-state index is -1.73. The highest BCUT2D eigenvalue weighted by molar-refractivity contribution is 5.91. The molecule has 1 aliphatic heterocycles. The van der Waals surface area contributed by atoms with E-state index in [4.69, 9.17) is 30.1 Å². The Hall–Kier alpha value is -6.00. The molecule has 0 aromatic carbocycles. The monoisotopic (exact) mass is 594 g/mol. The summed E-state index contributed by atoms with van der Waals surface area (Å²) < 4.78 is 28.6. The fourth-order valence-electron chi connectivity index (χ4n) is 4.11. The molecule has 1 fully saturated rings. The van der Waals surface area contributed by atoms with Gasteiger partial charge in [0.15, 0.2) is 18.3 Å². The third-order valence-corrected chi connectivity index (χ3v) is 6.20. The molecular formula is C31H22N4O9. The summed E-state index contributed by atoms with van der Waals surface area (Å²) in [6.07, 6.45) is 8.49. The number of pyridine rings is 4. The minimum absolute atomic E-state index is 0.0187. The summed E-state index contributed by atoms with van der Waals surface area (Å²) in [4.78, 5) is 68.3. The molecule has 13 nitrogen and oxygen atoms in total. The molecule has 220 valence electrons. The average Bonchev–Trinajstić information content (AvgIpc) is 3.08. The Morgan fingerprint density at radius 3 is 1.30 bits per heavy atom. The van der Waals surface area contributed by atoms with Gasteiger partial charge in [0.05, 0.1) is 22.3 Å². The predicted octanol–water partition coefficient (Wildman–Crippen LogP) is 2.46. The SMILES string of the molecule is C#C[C@@H]1OC(OC(=O)c2cccnc2)[C@H](OC(=O)c2cccnc2)[C@H](OC(=O)c2cccnc2)[C@@H]1OC(=O)c1cccnc1. The summed E-state index contributed by atoms with van der Waals surface area (Å²) in [6, 6.07) is 11.8. The molecule has 44 heavy (non-hydrogen) atoms. The molecule has 5 heterocycles. The van der Waals surface area contributed by atoms with Crippen LogP contribution in [0, 0.1) is 12.3 Å². The van der Waals surface area contributed by atoms with Gasteiger partial charge < -0.3 is 23.7 Å². The lowest BCUT2D eigenvalue weighted by Crippen LogP contribution is -2.62. The first-order chi connectivity index (χ1) is 21.4. The Labute approximate surface area is 250 Å². The lowest BCUT2D eigenvalue weighted by molar-refractivity contribution is -0.266. The number of aromatic nitrogens is 4. The number of rotatable bonds is 8. The van der Waals surface area contributed by atoms with Crippen LogP contribution >= 0.6 is 0 Å². The van der Waals surface area contributed by atoms with Crippen LogP contribution in [0.2, 0.25) is 0 Å². The highest BCUT2D eigenvalue weighted by atomic mass is 16.7. The van der Waals surface area contributed by atoms with E-state index < -0.39 is 54.6 Å². The number of nitrogens with zero attached hydrogens (tertiary/aromatic N) is 4. The average molecular weight is 595 g/mol. The summed E-state index contributed by atoms with van der Waals surface area (Å²) in [6.45, 7) is 0. The Morgan fingerprint density at radius 1 is 0.568 bits per heavy atom. The van der Waals surface area contributed by atoms with Crippen molar-refractivity contribution in [3.63, 3.8) is 0 Å². The van der Waals surface area contributed by atoms with E-state index in [2.05, 4.69) is 25.9 Å². The summed E-state index contributed by atoms with van der Waals surface area (Å²) in [7, 11) is 0. The Kier molecular flexibility index (Phi) is 9.23. The minimum Gasteiger partial charge on any atom is -0.451 e. The summed E-state index contributed by atoms with van der Waals surface area (Å²) in [5.74, 6) is -1.34. The molecule has 0 N–H and O–H groups in total. The van der Waals surface area contributed by atoms with E-state index in [-0.39, 0.29) is 22.3 Å². The number of esters is 4. The number of ether oxygens (including phenoxy) is 5. The van der Waals surface area contributed by atoms with Crippen LogP contribution in [-0.2, 0) is 23.7 Å². The second-order valence-corrected chi connectivity index (χ2v) is 9.07. The van der Waals surface area contributed by atoms with E-state index in [0.29, 0.717) is 0 Å². The molecule has 13 heteroatoms. The molecule has 0 spiro atoms. The molecule has 1 aliphatic rings. The normalized spacial score (nSPS) is 20.8. The Bertz CT molecular complexity index is 1650. The van der Waals surface area contributed by atoms with Crippen LogP contribution in [0.1, 0.15) is 41.4 Å². The topological polar surface area (TPSA) is 166 Å². The van der Waals surface area contributed by atoms with Gasteiger partial charge in [-0.05, 0) is 48.5 Å². The predicted molar refractivity (Wildman–Crippen MR) is 147 cm³/mol. The number of carbonyl (C=O) groups is 4. The van der Waals surface area contributed by atoms with Gasteiger partial charge in [0.1, 0.15) is 0 Å². The molecule has 0 aliphatic carbocycles. The second-order valence-electron chi connectivity index (χ2n) is 9.07. The molecular weight excluding hydrogens is 572 g/mol. The quantitative estimate of drug-likeness (QED) is 0.166. The third kappa shape index (κ3) is 6.89. The van der Waals surface area contributed by atoms with Gasteiger partial charge in [0.25, 0.3) is 0 Å². The smallest absolute Gasteiger partial charge is 0.342 e. The van der Waals surface area contributed by atoms with Crippen LogP contribution in [0.15, 0.2) is 98.1 Å². The Morgan fingerprint density at radius 2 is 0.932 bits per heavy atom. The van der Waals surface area contributed by atoms with Crippen molar-refractivity contribution in [2.75, 3.05) is 0 Å². The maximum atomic E-state index is 13.3. The van der Waals surface area contributed by atoms with Crippen molar-refractivity contribution in [3.05, 3.63) is 120 Å². The lowest BCUT2D eigenvalue weighted by Gasteiger charge is -2.42. The molecule has 5 atom stereocenters. The van der Waals surface area contributed by atoms with Gasteiger partial charge >= 0.3 is 23.9 Å². The number of terminal acetylenes is 1.